The number of rotatable bonds is 3. The fourth-order valence-corrected chi connectivity index (χ4v) is 3.10. The molecule has 0 unspecified atom stereocenters. The van der Waals surface area contributed by atoms with E-state index >= 15 is 0 Å². The van der Waals surface area contributed by atoms with Crippen LogP contribution in [0.5, 0.6) is 0 Å². The maximum atomic E-state index is 6.36. The zero-order valence-corrected chi connectivity index (χ0v) is 14.3. The van der Waals surface area contributed by atoms with Gasteiger partial charge in [0, 0.05) is 22.0 Å². The van der Waals surface area contributed by atoms with Crippen molar-refractivity contribution in [2.24, 2.45) is 0 Å². The van der Waals surface area contributed by atoms with E-state index in [0.29, 0.717) is 12.0 Å². The number of aromatic nitrogens is 2. The minimum atomic E-state index is 0.304. The Morgan fingerprint density at radius 2 is 1.85 bits per heavy atom. The van der Waals surface area contributed by atoms with Crippen molar-refractivity contribution in [1.82, 2.24) is 9.55 Å². The Kier molecular flexibility index (Phi) is 4.23. The predicted octanol–water partition coefficient (Wildman–Crippen LogP) is 4.91. The molecule has 2 rings (SSSR count). The first kappa shape index (κ1) is 15.1. The molecule has 0 bridgehead atoms. The largest absolute Gasteiger partial charge is 0.383 e. The molecule has 2 N–H and O–H groups in total. The highest BCUT2D eigenvalue weighted by atomic mass is 79.9. The van der Waals surface area contributed by atoms with Gasteiger partial charge in [-0.3, -0.25) is 0 Å². The van der Waals surface area contributed by atoms with Gasteiger partial charge in [-0.25, -0.2) is 4.98 Å². The average molecular weight is 336 g/mol. The van der Waals surface area contributed by atoms with Gasteiger partial charge in [-0.15, -0.1) is 0 Å². The first-order chi connectivity index (χ1) is 9.32. The smallest absolute Gasteiger partial charge is 0.132 e. The van der Waals surface area contributed by atoms with Gasteiger partial charge < -0.3 is 10.3 Å². The molecule has 0 saturated heterocycles. The fourth-order valence-electron chi connectivity index (χ4n) is 2.42. The van der Waals surface area contributed by atoms with Crippen LogP contribution in [0.3, 0.4) is 0 Å². The zero-order valence-electron chi connectivity index (χ0n) is 12.7. The van der Waals surface area contributed by atoms with Crippen LogP contribution < -0.4 is 5.73 Å². The third-order valence-electron chi connectivity index (χ3n) is 3.39. The van der Waals surface area contributed by atoms with Gasteiger partial charge in [0.1, 0.15) is 17.3 Å². The Morgan fingerprint density at radius 3 is 2.30 bits per heavy atom. The van der Waals surface area contributed by atoms with E-state index in [1.807, 2.05) is 0 Å². The number of hydrogen-bond donors (Lipinski definition) is 1. The third kappa shape index (κ3) is 2.62. The van der Waals surface area contributed by atoms with Crippen molar-refractivity contribution in [1.29, 1.82) is 0 Å². The lowest BCUT2D eigenvalue weighted by molar-refractivity contribution is 0.556. The van der Waals surface area contributed by atoms with Crippen LogP contribution in [-0.2, 0) is 0 Å². The molecule has 1 aromatic heterocycles. The number of aryl methyl sites for hydroxylation is 1. The first-order valence-corrected chi connectivity index (χ1v) is 7.76. The quantitative estimate of drug-likeness (QED) is 0.866. The van der Waals surface area contributed by atoms with Gasteiger partial charge in [-0.05, 0) is 32.4 Å². The number of halogens is 1. The minimum absolute atomic E-state index is 0.304. The van der Waals surface area contributed by atoms with Crippen molar-refractivity contribution in [3.05, 3.63) is 34.1 Å². The molecule has 0 radical (unpaired) electrons. The Labute approximate surface area is 129 Å². The molecule has 3 nitrogen and oxygen atoms in total. The molecule has 108 valence electrons. The highest BCUT2D eigenvalue weighted by molar-refractivity contribution is 9.10. The molecule has 0 fully saturated rings. The van der Waals surface area contributed by atoms with E-state index in [1.54, 1.807) is 0 Å². The molecule has 0 aliphatic heterocycles. The number of benzene rings is 1. The molecule has 2 aromatic rings. The maximum absolute atomic E-state index is 6.36. The second-order valence-electron chi connectivity index (χ2n) is 5.81. The minimum Gasteiger partial charge on any atom is -0.383 e. The molecule has 0 spiro atoms. The number of imidazole rings is 1. The molecule has 0 aliphatic rings. The van der Waals surface area contributed by atoms with E-state index in [-0.39, 0.29) is 0 Å². The van der Waals surface area contributed by atoms with Crippen LogP contribution in [0.15, 0.2) is 22.7 Å². The van der Waals surface area contributed by atoms with Gasteiger partial charge >= 0.3 is 0 Å². The average Bonchev–Trinajstić information content (AvgIpc) is 2.67. The Morgan fingerprint density at radius 1 is 1.20 bits per heavy atom. The van der Waals surface area contributed by atoms with Crippen molar-refractivity contribution in [2.75, 3.05) is 5.73 Å². The lowest BCUT2D eigenvalue weighted by Crippen LogP contribution is -2.10. The number of hydrogen-bond acceptors (Lipinski definition) is 2. The topological polar surface area (TPSA) is 43.8 Å². The van der Waals surface area contributed by atoms with Crippen LogP contribution >= 0.6 is 15.9 Å². The summed E-state index contributed by atoms with van der Waals surface area (Å²) in [4.78, 5) is 4.80. The molecule has 0 aliphatic carbocycles. The summed E-state index contributed by atoms with van der Waals surface area (Å²) >= 11 is 3.62. The Bertz CT molecular complexity index is 627. The maximum Gasteiger partial charge on any atom is 0.132 e. The van der Waals surface area contributed by atoms with Crippen LogP contribution in [0, 0.1) is 6.92 Å². The van der Waals surface area contributed by atoms with E-state index in [9.17, 15) is 0 Å². The highest BCUT2D eigenvalue weighted by Crippen LogP contribution is 2.35. The van der Waals surface area contributed by atoms with Crippen LogP contribution in [0.2, 0.25) is 0 Å². The van der Waals surface area contributed by atoms with Crippen molar-refractivity contribution in [3.63, 3.8) is 0 Å². The summed E-state index contributed by atoms with van der Waals surface area (Å²) in [6, 6.07) is 6.56. The Hall–Kier alpha value is -1.29. The third-order valence-corrected chi connectivity index (χ3v) is 4.04. The molecule has 4 heteroatoms. The second kappa shape index (κ2) is 5.60. The van der Waals surface area contributed by atoms with Gasteiger partial charge in [-0.2, -0.15) is 0 Å². The predicted molar refractivity (Wildman–Crippen MR) is 89.0 cm³/mol. The molecule has 20 heavy (non-hydrogen) atoms. The fraction of sp³-hybridized carbons (Fsp3) is 0.438. The number of anilines is 1. The summed E-state index contributed by atoms with van der Waals surface area (Å²) in [7, 11) is 0. The normalized spacial score (nSPS) is 11.6. The molecular weight excluding hydrogens is 314 g/mol. The summed E-state index contributed by atoms with van der Waals surface area (Å²) in [5.41, 5.74) is 9.50. The van der Waals surface area contributed by atoms with Gasteiger partial charge in [0.2, 0.25) is 0 Å². The van der Waals surface area contributed by atoms with Crippen LogP contribution in [0.4, 0.5) is 5.82 Å². The molecule has 0 saturated carbocycles. The van der Waals surface area contributed by atoms with Crippen molar-refractivity contribution < 1.29 is 0 Å². The lowest BCUT2D eigenvalue weighted by Gasteiger charge is -2.15. The standard InChI is InChI=1S/C16H22BrN3/c1-9(2)16-19-14(15(18)20(16)10(3)4)12-7-6-11(5)8-13(12)17/h6-10H,18H2,1-5H3. The van der Waals surface area contributed by atoms with E-state index in [2.05, 4.69) is 73.3 Å². The number of nitrogens with two attached hydrogens (primary N) is 1. The monoisotopic (exact) mass is 335 g/mol. The van der Waals surface area contributed by atoms with Crippen molar-refractivity contribution in [3.8, 4) is 11.3 Å². The van der Waals surface area contributed by atoms with Crippen molar-refractivity contribution >= 4 is 21.7 Å². The van der Waals surface area contributed by atoms with Crippen LogP contribution in [-0.4, -0.2) is 9.55 Å². The van der Waals surface area contributed by atoms with E-state index in [1.165, 1.54) is 5.56 Å². The number of nitrogen functional groups attached to an aromatic ring is 1. The summed E-state index contributed by atoms with van der Waals surface area (Å²) in [5.74, 6) is 2.13. The summed E-state index contributed by atoms with van der Waals surface area (Å²) in [5, 5.41) is 0. The summed E-state index contributed by atoms with van der Waals surface area (Å²) in [6.07, 6.45) is 0. The highest BCUT2D eigenvalue weighted by Gasteiger charge is 2.21. The SMILES string of the molecule is Cc1ccc(-c2nc(C(C)C)n(C(C)C)c2N)c(Br)c1. The van der Waals surface area contributed by atoms with E-state index in [4.69, 9.17) is 10.7 Å². The van der Waals surface area contributed by atoms with Crippen LogP contribution in [0.25, 0.3) is 11.3 Å². The Balaban J connectivity index is 2.66. The van der Waals surface area contributed by atoms with Crippen LogP contribution in [0.1, 0.15) is 51.0 Å². The first-order valence-electron chi connectivity index (χ1n) is 6.97. The van der Waals surface area contributed by atoms with Gasteiger partial charge in [0.05, 0.1) is 0 Å². The second-order valence-corrected chi connectivity index (χ2v) is 6.66. The number of nitrogens with zero attached hydrogens (tertiary/aromatic N) is 2. The molecule has 0 atom stereocenters. The molecular formula is C16H22BrN3. The zero-order chi connectivity index (χ0) is 15.0. The lowest BCUT2D eigenvalue weighted by atomic mass is 10.1. The van der Waals surface area contributed by atoms with E-state index in [0.717, 1.165) is 27.4 Å². The summed E-state index contributed by atoms with van der Waals surface area (Å²) in [6.45, 7) is 10.6. The molecule has 1 aromatic carbocycles. The molecule has 0 amide bonds. The van der Waals surface area contributed by atoms with Gasteiger partial charge in [-0.1, -0.05) is 41.9 Å². The van der Waals surface area contributed by atoms with E-state index < -0.39 is 0 Å². The van der Waals surface area contributed by atoms with Gasteiger partial charge in [0.15, 0.2) is 0 Å². The summed E-state index contributed by atoms with van der Waals surface area (Å²) < 4.78 is 3.17. The van der Waals surface area contributed by atoms with Gasteiger partial charge in [0.25, 0.3) is 0 Å². The molecule has 1 heterocycles. The van der Waals surface area contributed by atoms with Crippen molar-refractivity contribution in [2.45, 2.75) is 46.6 Å².